The number of hydrogen-bond acceptors (Lipinski definition) is 3. The van der Waals surface area contributed by atoms with Crippen LogP contribution in [0.2, 0.25) is 0 Å². The van der Waals surface area contributed by atoms with Crippen molar-refractivity contribution in [3.05, 3.63) is 0 Å². The van der Waals surface area contributed by atoms with Gasteiger partial charge in [-0.2, -0.15) is 0 Å². The van der Waals surface area contributed by atoms with Crippen LogP contribution >= 0.6 is 15.9 Å². The molecule has 4 heteroatoms. The number of Topliss-reactive ketones (excluding diaryl/α,β-unsaturated/α-hetero) is 3. The van der Waals surface area contributed by atoms with Gasteiger partial charge >= 0.3 is 0 Å². The van der Waals surface area contributed by atoms with Crippen LogP contribution in [0, 0.1) is 5.92 Å². The standard InChI is InChI=1S/C7H7BrO3/c8-3-6(11)7-4(9)1-2-5(7)10/h7H,1-3H2. The number of ketones is 3. The topological polar surface area (TPSA) is 51.2 Å². The van der Waals surface area contributed by atoms with Crippen molar-refractivity contribution >= 4 is 33.3 Å². The van der Waals surface area contributed by atoms with Crippen molar-refractivity contribution in [1.82, 2.24) is 0 Å². The molecule has 1 rings (SSSR count). The molecule has 0 aliphatic heterocycles. The highest BCUT2D eigenvalue weighted by atomic mass is 79.9. The summed E-state index contributed by atoms with van der Waals surface area (Å²) in [5.74, 6) is -1.70. The SMILES string of the molecule is O=C(CBr)C1C(=O)CCC1=O. The second-order valence-electron chi connectivity index (χ2n) is 2.47. The predicted molar refractivity (Wildman–Crippen MR) is 41.5 cm³/mol. The summed E-state index contributed by atoms with van der Waals surface area (Å²) in [6.45, 7) is 0. The summed E-state index contributed by atoms with van der Waals surface area (Å²) in [5.41, 5.74) is 0. The molecule has 3 nitrogen and oxygen atoms in total. The average Bonchev–Trinajstić information content (AvgIpc) is 2.30. The molecule has 0 saturated heterocycles. The summed E-state index contributed by atoms with van der Waals surface area (Å²) >= 11 is 2.93. The molecule has 60 valence electrons. The number of alkyl halides is 1. The van der Waals surface area contributed by atoms with Crippen LogP contribution in [-0.4, -0.2) is 22.7 Å². The van der Waals surface area contributed by atoms with Crippen LogP contribution in [0.1, 0.15) is 12.8 Å². The molecule has 0 heterocycles. The Morgan fingerprint density at radius 3 is 2.18 bits per heavy atom. The highest BCUT2D eigenvalue weighted by Gasteiger charge is 2.37. The van der Waals surface area contributed by atoms with Crippen LogP contribution in [0.3, 0.4) is 0 Å². The molecule has 1 aliphatic rings. The third kappa shape index (κ3) is 1.56. The Morgan fingerprint density at radius 1 is 1.36 bits per heavy atom. The Balaban J connectivity index is 2.76. The van der Waals surface area contributed by atoms with Crippen LogP contribution in [-0.2, 0) is 14.4 Å². The maximum atomic E-state index is 10.9. The highest BCUT2D eigenvalue weighted by molar-refractivity contribution is 9.09. The van der Waals surface area contributed by atoms with Gasteiger partial charge in [0, 0.05) is 12.8 Å². The van der Waals surface area contributed by atoms with E-state index in [9.17, 15) is 14.4 Å². The monoisotopic (exact) mass is 218 g/mol. The summed E-state index contributed by atoms with van der Waals surface area (Å²) < 4.78 is 0. The molecule has 1 aliphatic carbocycles. The minimum Gasteiger partial charge on any atom is -0.298 e. The molecule has 1 saturated carbocycles. The minimum absolute atomic E-state index is 0.0924. The fraction of sp³-hybridized carbons (Fsp3) is 0.571. The van der Waals surface area contributed by atoms with Gasteiger partial charge in [-0.15, -0.1) is 0 Å². The van der Waals surface area contributed by atoms with Gasteiger partial charge in [-0.05, 0) is 0 Å². The van der Waals surface area contributed by atoms with Crippen LogP contribution in [0.25, 0.3) is 0 Å². The van der Waals surface area contributed by atoms with E-state index in [1.807, 2.05) is 0 Å². The highest BCUT2D eigenvalue weighted by Crippen LogP contribution is 2.18. The second kappa shape index (κ2) is 3.26. The molecule has 1 fully saturated rings. The van der Waals surface area contributed by atoms with Crippen molar-refractivity contribution in [3.63, 3.8) is 0 Å². The van der Waals surface area contributed by atoms with E-state index in [0.717, 1.165) is 0 Å². The summed E-state index contributed by atoms with van der Waals surface area (Å²) in [6.07, 6.45) is 0.477. The normalized spacial score (nSPS) is 19.4. The van der Waals surface area contributed by atoms with Crippen molar-refractivity contribution in [1.29, 1.82) is 0 Å². The van der Waals surface area contributed by atoms with E-state index in [2.05, 4.69) is 15.9 Å². The molecule has 0 aromatic carbocycles. The smallest absolute Gasteiger partial charge is 0.161 e. The van der Waals surface area contributed by atoms with Gasteiger partial charge in [0.15, 0.2) is 17.3 Å². The fourth-order valence-corrected chi connectivity index (χ4v) is 1.47. The second-order valence-corrected chi connectivity index (χ2v) is 3.03. The first-order valence-corrected chi connectivity index (χ1v) is 4.43. The molecule has 0 amide bonds. The molecule has 0 N–H and O–H groups in total. The zero-order chi connectivity index (χ0) is 8.43. The molecule has 0 atom stereocenters. The van der Waals surface area contributed by atoms with Crippen LogP contribution < -0.4 is 0 Å². The predicted octanol–water partition coefficient (Wildman–Crippen LogP) is 0.499. The van der Waals surface area contributed by atoms with Crippen LogP contribution in [0.5, 0.6) is 0 Å². The van der Waals surface area contributed by atoms with Gasteiger partial charge in [0.1, 0.15) is 5.92 Å². The van der Waals surface area contributed by atoms with Crippen molar-refractivity contribution in [3.8, 4) is 0 Å². The molecule has 0 unspecified atom stereocenters. The van der Waals surface area contributed by atoms with Gasteiger partial charge in [-0.1, -0.05) is 15.9 Å². The van der Waals surface area contributed by atoms with E-state index in [4.69, 9.17) is 0 Å². The van der Waals surface area contributed by atoms with Gasteiger partial charge in [0.2, 0.25) is 0 Å². The summed E-state index contributed by atoms with van der Waals surface area (Å²) in [4.78, 5) is 32.8. The lowest BCUT2D eigenvalue weighted by Crippen LogP contribution is -2.25. The Morgan fingerprint density at radius 2 is 1.82 bits per heavy atom. The lowest BCUT2D eigenvalue weighted by Gasteiger charge is -2.00. The number of hydrogen-bond donors (Lipinski definition) is 0. The molecule has 0 radical (unpaired) electrons. The van der Waals surface area contributed by atoms with E-state index in [1.54, 1.807) is 0 Å². The summed E-state index contributed by atoms with van der Waals surface area (Å²) in [6, 6.07) is 0. The Kier molecular flexibility index (Phi) is 2.54. The van der Waals surface area contributed by atoms with E-state index in [-0.39, 0.29) is 35.5 Å². The minimum atomic E-state index is -0.950. The molecule has 0 spiro atoms. The number of carbonyl (C=O) groups is 3. The Bertz CT molecular complexity index is 206. The molecule has 0 aromatic rings. The maximum Gasteiger partial charge on any atom is 0.161 e. The number of halogens is 1. The quantitative estimate of drug-likeness (QED) is 0.501. The Labute approximate surface area is 72.3 Å². The van der Waals surface area contributed by atoms with Crippen molar-refractivity contribution in [2.75, 3.05) is 5.33 Å². The van der Waals surface area contributed by atoms with Gasteiger partial charge < -0.3 is 0 Å². The van der Waals surface area contributed by atoms with E-state index in [0.29, 0.717) is 0 Å². The average molecular weight is 219 g/mol. The molecular weight excluding hydrogens is 212 g/mol. The lowest BCUT2D eigenvalue weighted by molar-refractivity contribution is -0.134. The van der Waals surface area contributed by atoms with Crippen LogP contribution in [0.4, 0.5) is 0 Å². The van der Waals surface area contributed by atoms with E-state index in [1.165, 1.54) is 0 Å². The van der Waals surface area contributed by atoms with Gasteiger partial charge in [0.25, 0.3) is 0 Å². The van der Waals surface area contributed by atoms with Crippen LogP contribution in [0.15, 0.2) is 0 Å². The molecule has 0 bridgehead atoms. The molecular formula is C7H7BrO3. The first kappa shape index (κ1) is 8.59. The third-order valence-corrected chi connectivity index (χ3v) is 2.27. The van der Waals surface area contributed by atoms with Crippen molar-refractivity contribution < 1.29 is 14.4 Å². The number of carbonyl (C=O) groups excluding carboxylic acids is 3. The van der Waals surface area contributed by atoms with Crippen molar-refractivity contribution in [2.45, 2.75) is 12.8 Å². The summed E-state index contributed by atoms with van der Waals surface area (Å²) in [5, 5.41) is 0.0924. The summed E-state index contributed by atoms with van der Waals surface area (Å²) in [7, 11) is 0. The van der Waals surface area contributed by atoms with Gasteiger partial charge in [-0.3, -0.25) is 14.4 Å². The van der Waals surface area contributed by atoms with Crippen molar-refractivity contribution in [2.24, 2.45) is 5.92 Å². The lowest BCUT2D eigenvalue weighted by atomic mass is 10.0. The molecule has 11 heavy (non-hydrogen) atoms. The fourth-order valence-electron chi connectivity index (χ4n) is 1.15. The zero-order valence-electron chi connectivity index (χ0n) is 5.80. The number of rotatable bonds is 2. The first-order chi connectivity index (χ1) is 5.16. The van der Waals surface area contributed by atoms with Gasteiger partial charge in [-0.25, -0.2) is 0 Å². The Hall–Kier alpha value is -0.510. The van der Waals surface area contributed by atoms with E-state index < -0.39 is 5.92 Å². The van der Waals surface area contributed by atoms with Gasteiger partial charge in [0.05, 0.1) is 5.33 Å². The zero-order valence-corrected chi connectivity index (χ0v) is 7.39. The largest absolute Gasteiger partial charge is 0.298 e. The third-order valence-electron chi connectivity index (χ3n) is 1.72. The molecule has 0 aromatic heterocycles. The van der Waals surface area contributed by atoms with E-state index >= 15 is 0 Å². The first-order valence-electron chi connectivity index (χ1n) is 3.31. The maximum absolute atomic E-state index is 10.9.